The van der Waals surface area contributed by atoms with E-state index in [4.69, 9.17) is 13.9 Å². The van der Waals surface area contributed by atoms with Crippen LogP contribution in [0, 0.1) is 0 Å². The van der Waals surface area contributed by atoms with Crippen molar-refractivity contribution in [3.8, 4) is 11.5 Å². The molecule has 3 N–H and O–H groups in total. The fourth-order valence-electron chi connectivity index (χ4n) is 2.06. The second-order valence-corrected chi connectivity index (χ2v) is 5.69. The zero-order valence-corrected chi connectivity index (χ0v) is 15.2. The van der Waals surface area contributed by atoms with Crippen LogP contribution in [0.1, 0.15) is 34.8 Å². The smallest absolute Gasteiger partial charge is 0.287 e. The van der Waals surface area contributed by atoms with Gasteiger partial charge in [0.25, 0.3) is 17.7 Å². The lowest BCUT2D eigenvalue weighted by Crippen LogP contribution is -2.46. The van der Waals surface area contributed by atoms with Crippen molar-refractivity contribution in [2.75, 3.05) is 13.7 Å². The van der Waals surface area contributed by atoms with E-state index in [0.29, 0.717) is 11.5 Å². The van der Waals surface area contributed by atoms with Crippen LogP contribution in [0.2, 0.25) is 0 Å². The van der Waals surface area contributed by atoms with Gasteiger partial charge in [0.05, 0.1) is 26.0 Å². The number of carbonyl (C=O) groups is 3. The molecule has 0 unspecified atom stereocenters. The highest BCUT2D eigenvalue weighted by atomic mass is 16.5. The molecule has 9 nitrogen and oxygen atoms in total. The lowest BCUT2D eigenvalue weighted by Gasteiger charge is -2.14. The first kappa shape index (κ1) is 19.8. The molecule has 9 heteroatoms. The van der Waals surface area contributed by atoms with Gasteiger partial charge in [-0.1, -0.05) is 0 Å². The van der Waals surface area contributed by atoms with E-state index in [9.17, 15) is 14.4 Å². The molecule has 0 saturated carbocycles. The third-order valence-corrected chi connectivity index (χ3v) is 3.26. The first-order valence-corrected chi connectivity index (χ1v) is 8.16. The van der Waals surface area contributed by atoms with Gasteiger partial charge >= 0.3 is 0 Å². The molecule has 0 atom stereocenters. The molecular formula is C18H21N3O6. The van der Waals surface area contributed by atoms with Gasteiger partial charge in [-0.3, -0.25) is 25.2 Å². The molecule has 2 rings (SSSR count). The fraction of sp³-hybridized carbons (Fsp3) is 0.278. The number of hydrazine groups is 1. The zero-order valence-electron chi connectivity index (χ0n) is 15.2. The lowest BCUT2D eigenvalue weighted by atomic mass is 10.2. The normalized spacial score (nSPS) is 10.2. The molecule has 0 saturated heterocycles. The molecule has 1 aromatic carbocycles. The second-order valence-electron chi connectivity index (χ2n) is 5.69. The molecule has 0 aliphatic carbocycles. The Balaban J connectivity index is 1.85. The minimum atomic E-state index is -0.602. The van der Waals surface area contributed by atoms with E-state index in [0.717, 1.165) is 0 Å². The van der Waals surface area contributed by atoms with E-state index < -0.39 is 17.7 Å². The fourth-order valence-corrected chi connectivity index (χ4v) is 2.06. The summed E-state index contributed by atoms with van der Waals surface area (Å²) in [4.78, 5) is 35.5. The Morgan fingerprint density at radius 3 is 2.48 bits per heavy atom. The summed E-state index contributed by atoms with van der Waals surface area (Å²) >= 11 is 0. The van der Waals surface area contributed by atoms with Crippen molar-refractivity contribution in [1.29, 1.82) is 0 Å². The number of ether oxygens (including phenoxy) is 2. The third kappa shape index (κ3) is 5.77. The van der Waals surface area contributed by atoms with Crippen LogP contribution in [0.3, 0.4) is 0 Å². The van der Waals surface area contributed by atoms with Gasteiger partial charge in [0.1, 0.15) is 0 Å². The molecule has 27 heavy (non-hydrogen) atoms. The van der Waals surface area contributed by atoms with E-state index in [1.807, 2.05) is 13.8 Å². The minimum absolute atomic E-state index is 0.0470. The summed E-state index contributed by atoms with van der Waals surface area (Å²) < 4.78 is 15.7. The number of benzene rings is 1. The van der Waals surface area contributed by atoms with Crippen LogP contribution >= 0.6 is 0 Å². The SMILES string of the molecule is COc1cc(C(=O)NNC(=O)CNC(=O)c2ccco2)ccc1OC(C)C. The maximum absolute atomic E-state index is 12.2. The molecule has 0 aliphatic heterocycles. The summed E-state index contributed by atoms with van der Waals surface area (Å²) in [6.07, 6.45) is 1.30. The van der Waals surface area contributed by atoms with Gasteiger partial charge in [-0.05, 0) is 44.2 Å². The van der Waals surface area contributed by atoms with Crippen LogP contribution in [0.25, 0.3) is 0 Å². The number of hydrogen-bond acceptors (Lipinski definition) is 6. The van der Waals surface area contributed by atoms with Crippen molar-refractivity contribution in [2.24, 2.45) is 0 Å². The van der Waals surface area contributed by atoms with Crippen LogP contribution in [0.5, 0.6) is 11.5 Å². The van der Waals surface area contributed by atoms with Gasteiger partial charge < -0.3 is 19.2 Å². The van der Waals surface area contributed by atoms with Gasteiger partial charge in [0.2, 0.25) is 0 Å². The largest absolute Gasteiger partial charge is 0.493 e. The van der Waals surface area contributed by atoms with Crippen LogP contribution in [-0.4, -0.2) is 37.5 Å². The first-order chi connectivity index (χ1) is 12.9. The molecule has 2 aromatic rings. The summed E-state index contributed by atoms with van der Waals surface area (Å²) in [5.74, 6) is -0.693. The maximum Gasteiger partial charge on any atom is 0.287 e. The van der Waals surface area contributed by atoms with Crippen molar-refractivity contribution < 1.29 is 28.3 Å². The average Bonchev–Trinajstić information content (AvgIpc) is 3.18. The lowest BCUT2D eigenvalue weighted by molar-refractivity contribution is -0.120. The molecule has 0 aliphatic rings. The molecule has 0 radical (unpaired) electrons. The van der Waals surface area contributed by atoms with Crippen molar-refractivity contribution in [3.05, 3.63) is 47.9 Å². The van der Waals surface area contributed by atoms with Crippen molar-refractivity contribution in [3.63, 3.8) is 0 Å². The molecule has 0 fully saturated rings. The number of carbonyl (C=O) groups excluding carboxylic acids is 3. The quantitative estimate of drug-likeness (QED) is 0.627. The zero-order chi connectivity index (χ0) is 19.8. The predicted molar refractivity (Wildman–Crippen MR) is 95.4 cm³/mol. The summed E-state index contributed by atoms with van der Waals surface area (Å²) in [6.45, 7) is 3.42. The maximum atomic E-state index is 12.2. The minimum Gasteiger partial charge on any atom is -0.493 e. The van der Waals surface area contributed by atoms with Gasteiger partial charge in [-0.25, -0.2) is 0 Å². The van der Waals surface area contributed by atoms with Crippen molar-refractivity contribution in [1.82, 2.24) is 16.2 Å². The molecule has 3 amide bonds. The van der Waals surface area contributed by atoms with E-state index >= 15 is 0 Å². The number of rotatable bonds is 7. The molecular weight excluding hydrogens is 354 g/mol. The second kappa shape index (κ2) is 9.27. The molecule has 0 bridgehead atoms. The summed E-state index contributed by atoms with van der Waals surface area (Å²) in [5, 5.41) is 2.36. The standard InChI is InChI=1S/C18H21N3O6/c1-11(2)27-13-7-6-12(9-15(13)25-3)17(23)21-20-16(22)10-19-18(24)14-5-4-8-26-14/h4-9,11H,10H2,1-3H3,(H,19,24)(H,20,22)(H,21,23). The van der Waals surface area contributed by atoms with Gasteiger partial charge in [0.15, 0.2) is 17.3 Å². The van der Waals surface area contributed by atoms with Gasteiger partial charge in [-0.2, -0.15) is 0 Å². The van der Waals surface area contributed by atoms with E-state index in [1.165, 1.54) is 25.5 Å². The van der Waals surface area contributed by atoms with E-state index in [-0.39, 0.29) is 24.0 Å². The van der Waals surface area contributed by atoms with E-state index in [2.05, 4.69) is 16.2 Å². The summed E-state index contributed by atoms with van der Waals surface area (Å²) in [7, 11) is 1.47. The topological polar surface area (TPSA) is 119 Å². The van der Waals surface area contributed by atoms with Gasteiger partial charge in [-0.15, -0.1) is 0 Å². The number of amides is 3. The first-order valence-electron chi connectivity index (χ1n) is 8.16. The number of furan rings is 1. The monoisotopic (exact) mass is 375 g/mol. The number of methoxy groups -OCH3 is 1. The molecule has 1 aromatic heterocycles. The third-order valence-electron chi connectivity index (χ3n) is 3.26. The molecule has 0 spiro atoms. The Hall–Kier alpha value is -3.49. The van der Waals surface area contributed by atoms with Crippen molar-refractivity contribution in [2.45, 2.75) is 20.0 Å². The Morgan fingerprint density at radius 2 is 1.85 bits per heavy atom. The molecule has 144 valence electrons. The Labute approximate surface area is 156 Å². The molecule has 1 heterocycles. The van der Waals surface area contributed by atoms with Crippen molar-refractivity contribution >= 4 is 17.7 Å². The van der Waals surface area contributed by atoms with Crippen LogP contribution < -0.4 is 25.6 Å². The Morgan fingerprint density at radius 1 is 1.07 bits per heavy atom. The van der Waals surface area contributed by atoms with Crippen LogP contribution in [0.4, 0.5) is 0 Å². The Kier molecular flexibility index (Phi) is 6.81. The Bertz CT molecular complexity index is 801. The highest BCUT2D eigenvalue weighted by molar-refractivity contribution is 5.97. The highest BCUT2D eigenvalue weighted by Gasteiger charge is 2.14. The summed E-state index contributed by atoms with van der Waals surface area (Å²) in [6, 6.07) is 7.67. The predicted octanol–water partition coefficient (Wildman–Crippen LogP) is 1.27. The van der Waals surface area contributed by atoms with Gasteiger partial charge in [0, 0.05) is 5.56 Å². The average molecular weight is 375 g/mol. The van der Waals surface area contributed by atoms with Crippen LogP contribution in [-0.2, 0) is 4.79 Å². The van der Waals surface area contributed by atoms with E-state index in [1.54, 1.807) is 18.2 Å². The highest BCUT2D eigenvalue weighted by Crippen LogP contribution is 2.28. The number of hydrogen-bond donors (Lipinski definition) is 3. The number of nitrogens with one attached hydrogen (secondary N) is 3. The summed E-state index contributed by atoms with van der Waals surface area (Å²) in [5.41, 5.74) is 4.74. The van der Waals surface area contributed by atoms with Crippen LogP contribution in [0.15, 0.2) is 41.0 Å².